The molecule has 1 aliphatic heterocycles. The van der Waals surface area contributed by atoms with Gasteiger partial charge in [0.05, 0.1) is 17.6 Å². The molecule has 1 aromatic rings. The van der Waals surface area contributed by atoms with E-state index in [-0.39, 0.29) is 12.5 Å². The summed E-state index contributed by atoms with van der Waals surface area (Å²) in [5.41, 5.74) is -0.586. The Hall–Kier alpha value is -1.79. The molecule has 7 heteroatoms. The van der Waals surface area contributed by atoms with Crippen LogP contribution in [0, 0.1) is 5.41 Å². The fraction of sp³-hybridized carbons (Fsp3) is 0.529. The van der Waals surface area contributed by atoms with Crippen LogP contribution < -0.4 is 4.74 Å². The summed E-state index contributed by atoms with van der Waals surface area (Å²) in [7, 11) is 1.57. The second kappa shape index (κ2) is 7.85. The zero-order valence-electron chi connectivity index (χ0n) is 13.9. The number of rotatable bonds is 6. The lowest BCUT2D eigenvalue weighted by atomic mass is 9.82. The van der Waals surface area contributed by atoms with E-state index in [4.69, 9.17) is 21.1 Å². The Morgan fingerprint density at radius 2 is 2.12 bits per heavy atom. The Bertz CT molecular complexity index is 621. The van der Waals surface area contributed by atoms with Crippen LogP contribution in [0.5, 0.6) is 5.75 Å². The van der Waals surface area contributed by atoms with Gasteiger partial charge in [0.2, 0.25) is 0 Å². The first-order chi connectivity index (χ1) is 11.4. The van der Waals surface area contributed by atoms with Crippen molar-refractivity contribution in [1.82, 2.24) is 4.90 Å². The molecule has 0 aromatic heterocycles. The molecule has 1 saturated heterocycles. The fourth-order valence-electron chi connectivity index (χ4n) is 2.79. The number of amides is 1. The molecule has 0 saturated carbocycles. The van der Waals surface area contributed by atoms with E-state index < -0.39 is 11.4 Å². The highest BCUT2D eigenvalue weighted by Gasteiger charge is 2.40. The molecule has 1 unspecified atom stereocenters. The van der Waals surface area contributed by atoms with E-state index in [0.29, 0.717) is 48.9 Å². The number of benzene rings is 1. The van der Waals surface area contributed by atoms with Gasteiger partial charge in [-0.1, -0.05) is 11.6 Å². The molecule has 6 nitrogen and oxygen atoms in total. The summed E-state index contributed by atoms with van der Waals surface area (Å²) >= 11 is 6.02. The Morgan fingerprint density at radius 1 is 1.38 bits per heavy atom. The van der Waals surface area contributed by atoms with Gasteiger partial charge in [-0.15, -0.1) is 0 Å². The van der Waals surface area contributed by atoms with E-state index in [2.05, 4.69) is 0 Å². The highest BCUT2D eigenvalue weighted by Crippen LogP contribution is 2.32. The van der Waals surface area contributed by atoms with Crippen LogP contribution in [0.1, 0.15) is 30.1 Å². The van der Waals surface area contributed by atoms with Crippen molar-refractivity contribution in [3.8, 4) is 5.75 Å². The van der Waals surface area contributed by atoms with E-state index in [0.717, 1.165) is 0 Å². The average Bonchev–Trinajstić information content (AvgIpc) is 2.55. The van der Waals surface area contributed by atoms with Crippen LogP contribution in [0.3, 0.4) is 0 Å². The molecule has 0 radical (unpaired) electrons. The van der Waals surface area contributed by atoms with Gasteiger partial charge in [0.1, 0.15) is 12.4 Å². The van der Waals surface area contributed by atoms with Gasteiger partial charge in [0.25, 0.3) is 5.91 Å². The fourth-order valence-corrected chi connectivity index (χ4v) is 2.96. The van der Waals surface area contributed by atoms with Crippen molar-refractivity contribution in [3.05, 3.63) is 28.8 Å². The molecule has 0 aliphatic carbocycles. The van der Waals surface area contributed by atoms with Crippen molar-refractivity contribution in [2.75, 3.05) is 33.4 Å². The number of hydrogen-bond donors (Lipinski definition) is 1. The number of piperidine rings is 1. The monoisotopic (exact) mass is 355 g/mol. The van der Waals surface area contributed by atoms with E-state index in [1.54, 1.807) is 37.1 Å². The third kappa shape index (κ3) is 4.19. The smallest absolute Gasteiger partial charge is 0.311 e. The topological polar surface area (TPSA) is 76.1 Å². The lowest BCUT2D eigenvalue weighted by Crippen LogP contribution is -2.48. The maximum atomic E-state index is 12.9. The number of methoxy groups -OCH3 is 1. The molecule has 1 N–H and O–H groups in total. The zero-order chi connectivity index (χ0) is 17.7. The first-order valence-electron chi connectivity index (χ1n) is 7.81. The molecule has 1 amide bonds. The zero-order valence-corrected chi connectivity index (χ0v) is 14.6. The minimum Gasteiger partial charge on any atom is -0.490 e. The van der Waals surface area contributed by atoms with Crippen molar-refractivity contribution in [1.29, 1.82) is 0 Å². The van der Waals surface area contributed by atoms with Gasteiger partial charge in [-0.25, -0.2) is 0 Å². The quantitative estimate of drug-likeness (QED) is 0.794. The number of carboxylic acids is 1. The molecule has 1 atom stereocenters. The molecule has 132 valence electrons. The Labute approximate surface area is 146 Å². The van der Waals surface area contributed by atoms with Gasteiger partial charge >= 0.3 is 5.97 Å². The summed E-state index contributed by atoms with van der Waals surface area (Å²) in [4.78, 5) is 25.9. The molecule has 1 aliphatic rings. The van der Waals surface area contributed by atoms with Crippen LogP contribution in [0.2, 0.25) is 5.02 Å². The molecule has 1 heterocycles. The van der Waals surface area contributed by atoms with Gasteiger partial charge in [0, 0.05) is 25.2 Å². The van der Waals surface area contributed by atoms with Crippen molar-refractivity contribution < 1.29 is 24.2 Å². The Morgan fingerprint density at radius 3 is 2.79 bits per heavy atom. The second-order valence-corrected chi connectivity index (χ2v) is 6.61. The summed E-state index contributed by atoms with van der Waals surface area (Å²) in [6.07, 6.45) is 1.20. The normalized spacial score (nSPS) is 20.7. The maximum Gasteiger partial charge on any atom is 0.311 e. The molecule has 2 rings (SSSR count). The number of carbonyl (C=O) groups is 2. The third-order valence-electron chi connectivity index (χ3n) is 4.22. The summed E-state index contributed by atoms with van der Waals surface area (Å²) in [5.74, 6) is -0.733. The lowest BCUT2D eigenvalue weighted by molar-refractivity contribution is -0.150. The van der Waals surface area contributed by atoms with Crippen molar-refractivity contribution in [3.63, 3.8) is 0 Å². The van der Waals surface area contributed by atoms with Gasteiger partial charge in [0.15, 0.2) is 0 Å². The molecule has 0 spiro atoms. The molecular formula is C17H22ClNO5. The SMILES string of the molecule is COCCOc1ccc(Cl)cc1C(=O)N1CCCC(C)(C(=O)O)C1. The molecule has 24 heavy (non-hydrogen) atoms. The first kappa shape index (κ1) is 18.5. The predicted molar refractivity (Wildman–Crippen MR) is 89.7 cm³/mol. The Kier molecular flexibility index (Phi) is 6.07. The Balaban J connectivity index is 2.22. The van der Waals surface area contributed by atoms with Crippen LogP contribution >= 0.6 is 11.6 Å². The predicted octanol–water partition coefficient (Wildman–Crippen LogP) is 2.69. The lowest BCUT2D eigenvalue weighted by Gasteiger charge is -2.37. The molecule has 1 aromatic carbocycles. The molecule has 0 bridgehead atoms. The van der Waals surface area contributed by atoms with Gasteiger partial charge in [-0.05, 0) is 38.0 Å². The number of halogens is 1. The molecular weight excluding hydrogens is 334 g/mol. The van der Waals surface area contributed by atoms with Crippen molar-refractivity contribution >= 4 is 23.5 Å². The van der Waals surface area contributed by atoms with Crippen molar-refractivity contribution in [2.24, 2.45) is 5.41 Å². The number of ether oxygens (including phenoxy) is 2. The maximum absolute atomic E-state index is 12.9. The summed E-state index contributed by atoms with van der Waals surface area (Å²) in [5, 5.41) is 9.84. The number of carboxylic acid groups (broad SMARTS) is 1. The highest BCUT2D eigenvalue weighted by molar-refractivity contribution is 6.31. The van der Waals surface area contributed by atoms with Gasteiger partial charge in [-0.3, -0.25) is 9.59 Å². The van der Waals surface area contributed by atoms with Crippen LogP contribution in [-0.2, 0) is 9.53 Å². The van der Waals surface area contributed by atoms with Crippen LogP contribution in [0.15, 0.2) is 18.2 Å². The van der Waals surface area contributed by atoms with Gasteiger partial charge < -0.3 is 19.5 Å². The number of likely N-dealkylation sites (tertiary alicyclic amines) is 1. The standard InChI is InChI=1S/C17H22ClNO5/c1-17(16(21)22)6-3-7-19(11-17)15(20)13-10-12(18)4-5-14(13)24-9-8-23-2/h4-5,10H,3,6-9,11H2,1-2H3,(H,21,22). The third-order valence-corrected chi connectivity index (χ3v) is 4.45. The van der Waals surface area contributed by atoms with E-state index in [9.17, 15) is 14.7 Å². The van der Waals surface area contributed by atoms with E-state index >= 15 is 0 Å². The summed E-state index contributed by atoms with van der Waals surface area (Å²) < 4.78 is 10.5. The summed E-state index contributed by atoms with van der Waals surface area (Å²) in [6, 6.07) is 4.85. The van der Waals surface area contributed by atoms with Crippen LogP contribution in [-0.4, -0.2) is 55.3 Å². The average molecular weight is 356 g/mol. The first-order valence-corrected chi connectivity index (χ1v) is 8.19. The number of carbonyl (C=O) groups excluding carboxylic acids is 1. The number of hydrogen-bond acceptors (Lipinski definition) is 4. The van der Waals surface area contributed by atoms with Gasteiger partial charge in [-0.2, -0.15) is 0 Å². The van der Waals surface area contributed by atoms with E-state index in [1.807, 2.05) is 0 Å². The van der Waals surface area contributed by atoms with Crippen LogP contribution in [0.25, 0.3) is 0 Å². The minimum absolute atomic E-state index is 0.172. The highest BCUT2D eigenvalue weighted by atomic mass is 35.5. The number of nitrogens with zero attached hydrogens (tertiary/aromatic N) is 1. The molecule has 1 fully saturated rings. The minimum atomic E-state index is -0.927. The summed E-state index contributed by atoms with van der Waals surface area (Å²) in [6.45, 7) is 3.07. The van der Waals surface area contributed by atoms with Crippen molar-refractivity contribution in [2.45, 2.75) is 19.8 Å². The largest absolute Gasteiger partial charge is 0.490 e. The van der Waals surface area contributed by atoms with Crippen LogP contribution in [0.4, 0.5) is 0 Å². The number of aliphatic carboxylic acids is 1. The second-order valence-electron chi connectivity index (χ2n) is 6.18. The van der Waals surface area contributed by atoms with E-state index in [1.165, 1.54) is 0 Å².